The number of ether oxygens (including phenoxy) is 1. The molecule has 0 unspecified atom stereocenters. The van der Waals surface area contributed by atoms with Crippen molar-refractivity contribution in [3.8, 4) is 50.9 Å². The maximum Gasteiger partial charge on any atom is 0.267 e. The molecule has 3 aromatic heterocycles. The van der Waals surface area contributed by atoms with Crippen LogP contribution in [0.1, 0.15) is 103 Å². The van der Waals surface area contributed by atoms with Crippen molar-refractivity contribution < 1.29 is 30.4 Å². The van der Waals surface area contributed by atoms with E-state index >= 15 is 0 Å². The van der Waals surface area contributed by atoms with E-state index in [1.807, 2.05) is 12.3 Å². The predicted molar refractivity (Wildman–Crippen MR) is 308 cm³/mol. The largest absolute Gasteiger partial charge is 0.510 e. The standard InChI is InChI=1S/C70H64N4O.Pt/c1-67(2,3)54-35-36-71-66(43-54)74-63-34-31-50(48-23-15-11-16-24-48)39-62(63)61-33-32-59(45-64(61)74)75-60-42-56(70(9,10)53-29-21-14-22-30-53)40-57(44-60)72-46-65(68(4,5)6)73(47-72)58-38-51(49-25-17-12-18-26-49)37-55(41-58)69(7,8)52-27-19-13-20-28-52;/h11-43,46H,1-10H3;/q-2;. The molecule has 3 heterocycles. The molecular formula is C70H64N4OPt-2. The molecule has 11 rings (SSSR count). The molecule has 6 heteroatoms. The van der Waals surface area contributed by atoms with E-state index in [9.17, 15) is 0 Å². The van der Waals surface area contributed by atoms with Gasteiger partial charge in [-0.15, -0.1) is 35.2 Å². The van der Waals surface area contributed by atoms with Crippen LogP contribution >= 0.6 is 0 Å². The van der Waals surface area contributed by atoms with E-state index in [4.69, 9.17) is 9.72 Å². The number of fused-ring (bicyclic) bond motifs is 3. The predicted octanol–water partition coefficient (Wildman–Crippen LogP) is 17.0. The maximum absolute atomic E-state index is 7.05. The van der Waals surface area contributed by atoms with Gasteiger partial charge in [-0.3, -0.25) is 4.57 Å². The number of hydrogen-bond acceptors (Lipinski definition) is 2. The fourth-order valence-electron chi connectivity index (χ4n) is 10.4. The summed E-state index contributed by atoms with van der Waals surface area (Å²) in [5, 5.41) is 2.18. The Balaban J connectivity index is 0.00000657. The van der Waals surface area contributed by atoms with Crippen molar-refractivity contribution in [2.45, 2.75) is 90.9 Å². The average molecular weight is 1170 g/mol. The third-order valence-electron chi connectivity index (χ3n) is 15.1. The Morgan fingerprint density at radius 3 is 1.66 bits per heavy atom. The molecule has 76 heavy (non-hydrogen) atoms. The fourth-order valence-corrected chi connectivity index (χ4v) is 10.4. The molecule has 0 aliphatic carbocycles. The summed E-state index contributed by atoms with van der Waals surface area (Å²) >= 11 is 0. The number of rotatable bonds is 11. The van der Waals surface area contributed by atoms with Crippen molar-refractivity contribution in [2.75, 3.05) is 0 Å². The van der Waals surface area contributed by atoms with E-state index in [2.05, 4.69) is 296 Å². The third-order valence-corrected chi connectivity index (χ3v) is 15.1. The SMILES string of the molecule is CC(C)(C)c1ccnc(-n2c3[c-]c(Oc4[c-]c(-n5[c-][n+](-c6cc(-c7ccccc7)cc(C(C)(C)c7ccccc7)c6)c(C(C)(C)C)c5)cc(C(C)(C)c5ccccc5)c4)ccc3c3cc(-c4ccccc4)ccc32)c1.[Pt]. The van der Waals surface area contributed by atoms with Crippen LogP contribution in [0.25, 0.3) is 61.3 Å². The summed E-state index contributed by atoms with van der Waals surface area (Å²) in [6.07, 6.45) is 7.98. The van der Waals surface area contributed by atoms with E-state index < -0.39 is 5.41 Å². The quantitative estimate of drug-likeness (QED) is 0.0956. The number of hydrogen-bond donors (Lipinski definition) is 0. The summed E-state index contributed by atoms with van der Waals surface area (Å²) in [5.41, 5.74) is 14.4. The van der Waals surface area contributed by atoms with Gasteiger partial charge in [-0.2, -0.15) is 12.1 Å². The van der Waals surface area contributed by atoms with Gasteiger partial charge in [0.1, 0.15) is 5.82 Å². The maximum atomic E-state index is 7.05. The van der Waals surface area contributed by atoms with Gasteiger partial charge in [0.25, 0.3) is 6.33 Å². The van der Waals surface area contributed by atoms with Gasteiger partial charge in [0, 0.05) is 55.9 Å². The second-order valence-corrected chi connectivity index (χ2v) is 23.1. The summed E-state index contributed by atoms with van der Waals surface area (Å²) in [7, 11) is 0. The average Bonchev–Trinajstić information content (AvgIpc) is 4.02. The van der Waals surface area contributed by atoms with Crippen LogP contribution in [0.3, 0.4) is 0 Å². The molecule has 0 amide bonds. The Hall–Kier alpha value is -7.59. The Morgan fingerprint density at radius 2 is 1.05 bits per heavy atom. The molecule has 0 aliphatic rings. The number of pyridine rings is 1. The zero-order chi connectivity index (χ0) is 52.3. The third kappa shape index (κ3) is 10.0. The Bertz CT molecular complexity index is 3860. The first-order valence-corrected chi connectivity index (χ1v) is 26.1. The summed E-state index contributed by atoms with van der Waals surface area (Å²) in [5.74, 6) is 1.99. The summed E-state index contributed by atoms with van der Waals surface area (Å²) in [6.45, 7) is 22.7. The normalized spacial score (nSPS) is 12.2. The minimum Gasteiger partial charge on any atom is -0.510 e. The van der Waals surface area contributed by atoms with Crippen molar-refractivity contribution >= 4 is 21.8 Å². The molecule has 5 nitrogen and oxygen atoms in total. The first-order valence-electron chi connectivity index (χ1n) is 26.1. The van der Waals surface area contributed by atoms with E-state index in [1.54, 1.807) is 0 Å². The molecule has 8 aromatic carbocycles. The smallest absolute Gasteiger partial charge is 0.267 e. The molecule has 0 atom stereocenters. The van der Waals surface area contributed by atoms with Crippen LogP contribution in [0.2, 0.25) is 0 Å². The van der Waals surface area contributed by atoms with Crippen LogP contribution < -0.4 is 9.30 Å². The Morgan fingerprint density at radius 1 is 0.461 bits per heavy atom. The molecule has 0 fully saturated rings. The van der Waals surface area contributed by atoms with Gasteiger partial charge in [0.15, 0.2) is 0 Å². The summed E-state index contributed by atoms with van der Waals surface area (Å²) < 4.78 is 13.6. The number of nitrogens with zero attached hydrogens (tertiary/aromatic N) is 4. The van der Waals surface area contributed by atoms with Gasteiger partial charge in [-0.25, -0.2) is 4.98 Å². The van der Waals surface area contributed by atoms with Gasteiger partial charge >= 0.3 is 0 Å². The molecule has 0 N–H and O–H groups in total. The fraction of sp³-hybridized carbons (Fsp3) is 0.200. The molecule has 0 saturated heterocycles. The first kappa shape index (κ1) is 51.9. The van der Waals surface area contributed by atoms with Crippen LogP contribution in [0.15, 0.2) is 207 Å². The van der Waals surface area contributed by atoms with Crippen molar-refractivity contribution in [3.05, 3.63) is 258 Å². The molecule has 11 aromatic rings. The molecule has 0 saturated carbocycles. The van der Waals surface area contributed by atoms with Crippen LogP contribution in [-0.4, -0.2) is 14.1 Å². The van der Waals surface area contributed by atoms with Gasteiger partial charge in [-0.1, -0.05) is 214 Å². The van der Waals surface area contributed by atoms with E-state index in [-0.39, 0.29) is 37.3 Å². The molecule has 0 aliphatic heterocycles. The Labute approximate surface area is 463 Å². The number of imidazole rings is 1. The Kier molecular flexibility index (Phi) is 13.8. The molecular weight excluding hydrogens is 1110 g/mol. The first-order chi connectivity index (χ1) is 35.9. The van der Waals surface area contributed by atoms with Crippen LogP contribution in [0, 0.1) is 18.5 Å². The van der Waals surface area contributed by atoms with Gasteiger partial charge < -0.3 is 13.9 Å². The molecule has 382 valence electrons. The topological polar surface area (TPSA) is 35.9 Å². The van der Waals surface area contributed by atoms with Crippen LogP contribution in [-0.2, 0) is 42.7 Å². The number of benzene rings is 8. The van der Waals surface area contributed by atoms with Gasteiger partial charge in [0.2, 0.25) is 0 Å². The second kappa shape index (κ2) is 20.2. The van der Waals surface area contributed by atoms with Crippen molar-refractivity contribution in [1.29, 1.82) is 0 Å². The zero-order valence-corrected chi connectivity index (χ0v) is 47.4. The molecule has 0 radical (unpaired) electrons. The van der Waals surface area contributed by atoms with Crippen LogP contribution in [0.5, 0.6) is 11.5 Å². The summed E-state index contributed by atoms with van der Waals surface area (Å²) in [4.78, 5) is 4.99. The monoisotopic (exact) mass is 1170 g/mol. The van der Waals surface area contributed by atoms with Crippen LogP contribution in [0.4, 0.5) is 0 Å². The zero-order valence-electron chi connectivity index (χ0n) is 45.1. The van der Waals surface area contributed by atoms with Gasteiger partial charge in [-0.05, 0) is 102 Å². The minimum absolute atomic E-state index is 0. The molecule has 0 bridgehead atoms. The minimum atomic E-state index is -0.401. The van der Waals surface area contributed by atoms with Crippen molar-refractivity contribution in [1.82, 2.24) is 14.1 Å². The van der Waals surface area contributed by atoms with E-state index in [1.165, 1.54) is 27.8 Å². The van der Waals surface area contributed by atoms with E-state index in [0.29, 0.717) is 11.5 Å². The molecule has 0 spiro atoms. The van der Waals surface area contributed by atoms with Crippen molar-refractivity contribution in [3.63, 3.8) is 0 Å². The van der Waals surface area contributed by atoms with Gasteiger partial charge in [0.05, 0.1) is 11.4 Å². The van der Waals surface area contributed by atoms with Crippen molar-refractivity contribution in [2.24, 2.45) is 0 Å². The number of aromatic nitrogens is 4. The summed E-state index contributed by atoms with van der Waals surface area (Å²) in [6, 6.07) is 76.8. The van der Waals surface area contributed by atoms with E-state index in [0.717, 1.165) is 66.9 Å². The second-order valence-electron chi connectivity index (χ2n) is 23.1.